The topological polar surface area (TPSA) is 96.3 Å². The molecular weight excluding hydrogens is 236 g/mol. The highest BCUT2D eigenvalue weighted by Gasteiger charge is 2.15. The molecule has 0 aliphatic rings. The van der Waals surface area contributed by atoms with Crippen LogP contribution in [-0.4, -0.2) is 39.4 Å². The minimum absolute atomic E-state index is 0.0543. The molecule has 100 valence electrons. The summed E-state index contributed by atoms with van der Waals surface area (Å²) < 4.78 is 1.68. The molecule has 0 aliphatic carbocycles. The van der Waals surface area contributed by atoms with E-state index in [4.69, 9.17) is 5.11 Å². The SMILES string of the molecule is Cc1nn(C)c(C)c1NC(=O)CN[C@H](C)C(=O)O. The molecule has 3 N–H and O–H groups in total. The number of aromatic nitrogens is 2. The van der Waals surface area contributed by atoms with Gasteiger partial charge in [0.25, 0.3) is 0 Å². The Hall–Kier alpha value is -1.89. The van der Waals surface area contributed by atoms with E-state index >= 15 is 0 Å². The molecule has 0 saturated carbocycles. The lowest BCUT2D eigenvalue weighted by Crippen LogP contribution is -2.39. The average Bonchev–Trinajstić information content (AvgIpc) is 2.52. The number of nitrogens with zero attached hydrogens (tertiary/aromatic N) is 2. The smallest absolute Gasteiger partial charge is 0.320 e. The van der Waals surface area contributed by atoms with Gasteiger partial charge in [-0.25, -0.2) is 0 Å². The molecule has 0 bridgehead atoms. The van der Waals surface area contributed by atoms with Gasteiger partial charge in [0.2, 0.25) is 5.91 Å². The van der Waals surface area contributed by atoms with Crippen molar-refractivity contribution in [3.05, 3.63) is 11.4 Å². The summed E-state index contributed by atoms with van der Waals surface area (Å²) in [5.41, 5.74) is 2.26. The molecule has 1 atom stereocenters. The summed E-state index contributed by atoms with van der Waals surface area (Å²) in [6.45, 7) is 5.08. The summed E-state index contributed by atoms with van der Waals surface area (Å²) in [7, 11) is 1.79. The Kier molecular flexibility index (Phi) is 4.43. The molecule has 0 unspecified atom stereocenters. The highest BCUT2D eigenvalue weighted by Crippen LogP contribution is 2.17. The molecule has 0 saturated heterocycles. The van der Waals surface area contributed by atoms with Crippen LogP contribution in [0.25, 0.3) is 0 Å². The zero-order valence-electron chi connectivity index (χ0n) is 10.9. The minimum Gasteiger partial charge on any atom is -0.480 e. The number of rotatable bonds is 5. The van der Waals surface area contributed by atoms with Crippen LogP contribution in [0.2, 0.25) is 0 Å². The molecule has 1 heterocycles. The van der Waals surface area contributed by atoms with Gasteiger partial charge in [-0.2, -0.15) is 5.10 Å². The van der Waals surface area contributed by atoms with E-state index < -0.39 is 12.0 Å². The molecule has 0 fully saturated rings. The van der Waals surface area contributed by atoms with Gasteiger partial charge in [0.1, 0.15) is 6.04 Å². The number of carbonyl (C=O) groups excluding carboxylic acids is 1. The number of carboxylic acids is 1. The Morgan fingerprint density at radius 1 is 1.44 bits per heavy atom. The number of hydrogen-bond donors (Lipinski definition) is 3. The first-order valence-electron chi connectivity index (χ1n) is 5.59. The van der Waals surface area contributed by atoms with Crippen molar-refractivity contribution in [1.82, 2.24) is 15.1 Å². The second kappa shape index (κ2) is 5.63. The normalized spacial score (nSPS) is 12.2. The van der Waals surface area contributed by atoms with E-state index in [-0.39, 0.29) is 12.5 Å². The quantitative estimate of drug-likeness (QED) is 0.689. The molecular formula is C11H18N4O3. The summed E-state index contributed by atoms with van der Waals surface area (Å²) in [4.78, 5) is 22.2. The van der Waals surface area contributed by atoms with Crippen molar-refractivity contribution < 1.29 is 14.7 Å². The first kappa shape index (κ1) is 14.2. The number of amides is 1. The van der Waals surface area contributed by atoms with Gasteiger partial charge in [-0.05, 0) is 20.8 Å². The Balaban J connectivity index is 2.57. The van der Waals surface area contributed by atoms with Crippen molar-refractivity contribution >= 4 is 17.6 Å². The Bertz CT molecular complexity index is 467. The van der Waals surface area contributed by atoms with Gasteiger partial charge in [-0.1, -0.05) is 0 Å². The van der Waals surface area contributed by atoms with Crippen LogP contribution >= 0.6 is 0 Å². The van der Waals surface area contributed by atoms with Crippen LogP contribution in [-0.2, 0) is 16.6 Å². The Morgan fingerprint density at radius 3 is 2.50 bits per heavy atom. The maximum Gasteiger partial charge on any atom is 0.320 e. The number of aryl methyl sites for hydroxylation is 2. The van der Waals surface area contributed by atoms with Gasteiger partial charge in [0.15, 0.2) is 0 Å². The third-order valence-corrected chi connectivity index (χ3v) is 2.71. The van der Waals surface area contributed by atoms with Crippen LogP contribution in [0, 0.1) is 13.8 Å². The van der Waals surface area contributed by atoms with Crippen molar-refractivity contribution in [1.29, 1.82) is 0 Å². The highest BCUT2D eigenvalue weighted by atomic mass is 16.4. The average molecular weight is 254 g/mol. The van der Waals surface area contributed by atoms with Crippen molar-refractivity contribution in [2.24, 2.45) is 7.05 Å². The second-order valence-electron chi connectivity index (χ2n) is 4.16. The third-order valence-electron chi connectivity index (χ3n) is 2.71. The largest absolute Gasteiger partial charge is 0.480 e. The molecule has 1 aromatic heterocycles. The lowest BCUT2D eigenvalue weighted by atomic mass is 10.3. The summed E-state index contributed by atoms with van der Waals surface area (Å²) in [5, 5.41) is 18.2. The van der Waals surface area contributed by atoms with Crippen molar-refractivity contribution in [3.8, 4) is 0 Å². The lowest BCUT2D eigenvalue weighted by Gasteiger charge is -2.09. The van der Waals surface area contributed by atoms with Gasteiger partial charge in [-0.15, -0.1) is 0 Å². The van der Waals surface area contributed by atoms with Crippen molar-refractivity contribution in [3.63, 3.8) is 0 Å². The minimum atomic E-state index is -0.989. The predicted molar refractivity (Wildman–Crippen MR) is 66.4 cm³/mol. The standard InChI is InChI=1S/C11H18N4O3/c1-6-10(8(3)15(4)14-6)13-9(16)5-12-7(2)11(17)18/h7,12H,5H2,1-4H3,(H,13,16)(H,17,18)/t7-/m1/s1. The summed E-state index contributed by atoms with van der Waals surface area (Å²) in [6, 6.07) is -0.758. The molecule has 1 amide bonds. The molecule has 1 rings (SSSR count). The van der Waals surface area contributed by atoms with Gasteiger partial charge >= 0.3 is 5.97 Å². The molecule has 0 radical (unpaired) electrons. The van der Waals surface area contributed by atoms with Crippen LogP contribution in [0.1, 0.15) is 18.3 Å². The van der Waals surface area contributed by atoms with Gasteiger partial charge < -0.3 is 10.4 Å². The summed E-state index contributed by atoms with van der Waals surface area (Å²) in [5.74, 6) is -1.28. The van der Waals surface area contributed by atoms with Gasteiger partial charge in [0, 0.05) is 7.05 Å². The lowest BCUT2D eigenvalue weighted by molar-refractivity contribution is -0.139. The first-order valence-corrected chi connectivity index (χ1v) is 5.59. The summed E-state index contributed by atoms with van der Waals surface area (Å²) >= 11 is 0. The van der Waals surface area contributed by atoms with Crippen LogP contribution in [0.15, 0.2) is 0 Å². The number of carbonyl (C=O) groups is 2. The molecule has 0 aliphatic heterocycles. The number of aliphatic carboxylic acids is 1. The maximum atomic E-state index is 11.6. The van der Waals surface area contributed by atoms with E-state index in [2.05, 4.69) is 15.7 Å². The zero-order chi connectivity index (χ0) is 13.9. The highest BCUT2D eigenvalue weighted by molar-refractivity contribution is 5.93. The van der Waals surface area contributed by atoms with E-state index in [0.717, 1.165) is 11.4 Å². The van der Waals surface area contributed by atoms with Gasteiger partial charge in [-0.3, -0.25) is 19.6 Å². The number of anilines is 1. The van der Waals surface area contributed by atoms with Crippen molar-refractivity contribution in [2.75, 3.05) is 11.9 Å². The van der Waals surface area contributed by atoms with E-state index in [1.807, 2.05) is 6.92 Å². The number of hydrogen-bond acceptors (Lipinski definition) is 4. The number of nitrogens with one attached hydrogen (secondary N) is 2. The van der Waals surface area contributed by atoms with E-state index in [1.54, 1.807) is 18.7 Å². The first-order chi connectivity index (χ1) is 8.32. The van der Waals surface area contributed by atoms with Crippen LogP contribution < -0.4 is 10.6 Å². The molecule has 18 heavy (non-hydrogen) atoms. The van der Waals surface area contributed by atoms with E-state index in [9.17, 15) is 9.59 Å². The van der Waals surface area contributed by atoms with E-state index in [0.29, 0.717) is 5.69 Å². The fourth-order valence-corrected chi connectivity index (χ4v) is 1.47. The zero-order valence-corrected chi connectivity index (χ0v) is 10.9. The second-order valence-corrected chi connectivity index (χ2v) is 4.16. The monoisotopic (exact) mass is 254 g/mol. The van der Waals surface area contributed by atoms with Gasteiger partial charge in [0.05, 0.1) is 23.6 Å². The van der Waals surface area contributed by atoms with E-state index in [1.165, 1.54) is 6.92 Å². The van der Waals surface area contributed by atoms with Crippen LogP contribution in [0.5, 0.6) is 0 Å². The third kappa shape index (κ3) is 3.30. The fourth-order valence-electron chi connectivity index (χ4n) is 1.47. The predicted octanol–water partition coefficient (Wildman–Crippen LogP) is 0.0381. The molecule has 1 aromatic rings. The fraction of sp³-hybridized carbons (Fsp3) is 0.545. The number of carboxylic acid groups (broad SMARTS) is 1. The molecule has 7 heteroatoms. The maximum absolute atomic E-state index is 11.6. The van der Waals surface area contributed by atoms with Crippen LogP contribution in [0.4, 0.5) is 5.69 Å². The molecule has 7 nitrogen and oxygen atoms in total. The Morgan fingerprint density at radius 2 is 2.06 bits per heavy atom. The molecule has 0 aromatic carbocycles. The summed E-state index contributed by atoms with van der Waals surface area (Å²) in [6.07, 6.45) is 0. The Labute approximate surface area is 105 Å². The van der Waals surface area contributed by atoms with Crippen molar-refractivity contribution in [2.45, 2.75) is 26.8 Å². The molecule has 0 spiro atoms. The van der Waals surface area contributed by atoms with Crippen LogP contribution in [0.3, 0.4) is 0 Å².